The summed E-state index contributed by atoms with van der Waals surface area (Å²) in [6.45, 7) is 7.65. The first-order valence-corrected chi connectivity index (χ1v) is 8.58. The minimum Gasteiger partial charge on any atom is -0.497 e. The Morgan fingerprint density at radius 2 is 1.91 bits per heavy atom. The Hall–Kier alpha value is -1.59. The highest BCUT2D eigenvalue weighted by Gasteiger charge is 2.04. The average molecular weight is 317 g/mol. The molecule has 0 aliphatic rings. The van der Waals surface area contributed by atoms with Crippen molar-refractivity contribution in [3.05, 3.63) is 36.4 Å². The Balaban J connectivity index is 1.95. The zero-order chi connectivity index (χ0) is 15.8. The second-order valence-corrected chi connectivity index (χ2v) is 5.98. The van der Waals surface area contributed by atoms with E-state index in [0.717, 1.165) is 47.4 Å². The SMILES string of the molecule is CCN(CC)CCSc1ccc(-c2cccc(OC)c2)nn1. The molecule has 1 aromatic heterocycles. The second kappa shape index (κ2) is 8.76. The highest BCUT2D eigenvalue weighted by Crippen LogP contribution is 2.23. The van der Waals surface area contributed by atoms with Crippen LogP contribution in [0.15, 0.2) is 41.4 Å². The van der Waals surface area contributed by atoms with Crippen LogP contribution in [0.25, 0.3) is 11.3 Å². The van der Waals surface area contributed by atoms with Crippen LogP contribution >= 0.6 is 11.8 Å². The number of benzene rings is 1. The maximum absolute atomic E-state index is 5.24. The van der Waals surface area contributed by atoms with E-state index >= 15 is 0 Å². The van der Waals surface area contributed by atoms with Gasteiger partial charge in [0.25, 0.3) is 0 Å². The molecule has 0 bridgehead atoms. The first-order valence-electron chi connectivity index (χ1n) is 7.60. The van der Waals surface area contributed by atoms with Crippen LogP contribution in [0.1, 0.15) is 13.8 Å². The number of hydrogen-bond acceptors (Lipinski definition) is 5. The molecule has 1 aromatic carbocycles. The van der Waals surface area contributed by atoms with Crippen LogP contribution in [0.2, 0.25) is 0 Å². The van der Waals surface area contributed by atoms with Gasteiger partial charge in [0.15, 0.2) is 0 Å². The molecule has 22 heavy (non-hydrogen) atoms. The molecule has 0 radical (unpaired) electrons. The minimum absolute atomic E-state index is 0.831. The van der Waals surface area contributed by atoms with E-state index in [-0.39, 0.29) is 0 Å². The van der Waals surface area contributed by atoms with Gasteiger partial charge in [-0.2, -0.15) is 0 Å². The molecule has 0 aliphatic carbocycles. The van der Waals surface area contributed by atoms with Crippen molar-refractivity contribution in [1.82, 2.24) is 15.1 Å². The number of thioether (sulfide) groups is 1. The lowest BCUT2D eigenvalue weighted by Gasteiger charge is -2.16. The Kier molecular flexibility index (Phi) is 6.68. The molecule has 0 N–H and O–H groups in total. The Morgan fingerprint density at radius 3 is 2.55 bits per heavy atom. The lowest BCUT2D eigenvalue weighted by atomic mass is 10.1. The quantitative estimate of drug-likeness (QED) is 0.696. The monoisotopic (exact) mass is 317 g/mol. The van der Waals surface area contributed by atoms with Crippen LogP contribution < -0.4 is 4.74 Å². The van der Waals surface area contributed by atoms with Gasteiger partial charge in [-0.15, -0.1) is 22.0 Å². The lowest BCUT2D eigenvalue weighted by molar-refractivity contribution is 0.324. The smallest absolute Gasteiger partial charge is 0.119 e. The van der Waals surface area contributed by atoms with E-state index < -0.39 is 0 Å². The predicted molar refractivity (Wildman–Crippen MR) is 92.5 cm³/mol. The van der Waals surface area contributed by atoms with E-state index in [1.54, 1.807) is 18.9 Å². The summed E-state index contributed by atoms with van der Waals surface area (Å²) in [6.07, 6.45) is 0. The Morgan fingerprint density at radius 1 is 1.09 bits per heavy atom. The number of ether oxygens (including phenoxy) is 1. The molecular formula is C17H23N3OS. The summed E-state index contributed by atoms with van der Waals surface area (Å²) in [6, 6.07) is 11.9. The van der Waals surface area contributed by atoms with Crippen molar-refractivity contribution in [2.24, 2.45) is 0 Å². The van der Waals surface area contributed by atoms with Gasteiger partial charge in [-0.1, -0.05) is 26.0 Å². The molecule has 0 aliphatic heterocycles. The second-order valence-electron chi connectivity index (χ2n) is 4.86. The molecule has 0 fully saturated rings. The van der Waals surface area contributed by atoms with Gasteiger partial charge in [0.2, 0.25) is 0 Å². The van der Waals surface area contributed by atoms with Crippen LogP contribution in [-0.4, -0.2) is 47.6 Å². The fraction of sp³-hybridized carbons (Fsp3) is 0.412. The molecule has 118 valence electrons. The van der Waals surface area contributed by atoms with E-state index in [1.807, 2.05) is 36.4 Å². The Bertz CT molecular complexity index is 570. The van der Waals surface area contributed by atoms with E-state index in [4.69, 9.17) is 4.74 Å². The third kappa shape index (κ3) is 4.71. The van der Waals surface area contributed by atoms with E-state index in [1.165, 1.54) is 0 Å². The highest BCUT2D eigenvalue weighted by molar-refractivity contribution is 7.99. The number of rotatable bonds is 8. The molecule has 0 spiro atoms. The van der Waals surface area contributed by atoms with E-state index in [0.29, 0.717) is 0 Å². The van der Waals surface area contributed by atoms with Crippen LogP contribution in [0.4, 0.5) is 0 Å². The number of nitrogens with zero attached hydrogens (tertiary/aromatic N) is 3. The molecule has 0 saturated heterocycles. The molecular weight excluding hydrogens is 294 g/mol. The summed E-state index contributed by atoms with van der Waals surface area (Å²) >= 11 is 1.75. The zero-order valence-electron chi connectivity index (χ0n) is 13.5. The van der Waals surface area contributed by atoms with Crippen molar-refractivity contribution in [2.75, 3.05) is 32.5 Å². The van der Waals surface area contributed by atoms with Gasteiger partial charge >= 0.3 is 0 Å². The van der Waals surface area contributed by atoms with Crippen LogP contribution in [0.3, 0.4) is 0 Å². The van der Waals surface area contributed by atoms with Gasteiger partial charge in [-0.05, 0) is 37.4 Å². The van der Waals surface area contributed by atoms with Crippen LogP contribution in [0.5, 0.6) is 5.75 Å². The number of hydrogen-bond donors (Lipinski definition) is 0. The molecule has 5 heteroatoms. The molecule has 2 aromatic rings. The topological polar surface area (TPSA) is 38.2 Å². The maximum Gasteiger partial charge on any atom is 0.119 e. The van der Waals surface area contributed by atoms with E-state index in [9.17, 15) is 0 Å². The third-order valence-electron chi connectivity index (χ3n) is 3.56. The molecule has 1 heterocycles. The van der Waals surface area contributed by atoms with Crippen molar-refractivity contribution < 1.29 is 4.74 Å². The van der Waals surface area contributed by atoms with Crippen molar-refractivity contribution in [2.45, 2.75) is 18.9 Å². The molecule has 4 nitrogen and oxygen atoms in total. The average Bonchev–Trinajstić information content (AvgIpc) is 2.59. The first-order chi connectivity index (χ1) is 10.8. The molecule has 2 rings (SSSR count). The summed E-state index contributed by atoms with van der Waals surface area (Å²) < 4.78 is 5.24. The van der Waals surface area contributed by atoms with Crippen molar-refractivity contribution in [1.29, 1.82) is 0 Å². The van der Waals surface area contributed by atoms with Gasteiger partial charge in [0.05, 0.1) is 12.8 Å². The van der Waals surface area contributed by atoms with Gasteiger partial charge in [0.1, 0.15) is 10.8 Å². The van der Waals surface area contributed by atoms with Crippen LogP contribution in [-0.2, 0) is 0 Å². The predicted octanol–water partition coefficient (Wildman–Crippen LogP) is 3.59. The largest absolute Gasteiger partial charge is 0.497 e. The highest BCUT2D eigenvalue weighted by atomic mass is 32.2. The van der Waals surface area contributed by atoms with Gasteiger partial charge < -0.3 is 9.64 Å². The summed E-state index contributed by atoms with van der Waals surface area (Å²) in [5.74, 6) is 1.87. The third-order valence-corrected chi connectivity index (χ3v) is 4.46. The molecule has 0 unspecified atom stereocenters. The maximum atomic E-state index is 5.24. The van der Waals surface area contributed by atoms with Gasteiger partial charge in [-0.25, -0.2) is 0 Å². The lowest BCUT2D eigenvalue weighted by Crippen LogP contribution is -2.25. The normalized spacial score (nSPS) is 10.9. The zero-order valence-corrected chi connectivity index (χ0v) is 14.3. The number of methoxy groups -OCH3 is 1. The summed E-state index contributed by atoms with van der Waals surface area (Å²) in [7, 11) is 1.67. The minimum atomic E-state index is 0.831. The summed E-state index contributed by atoms with van der Waals surface area (Å²) in [5.41, 5.74) is 1.89. The fourth-order valence-corrected chi connectivity index (χ4v) is 2.97. The van der Waals surface area contributed by atoms with Crippen molar-refractivity contribution >= 4 is 11.8 Å². The summed E-state index contributed by atoms with van der Waals surface area (Å²) in [5, 5.41) is 9.61. The summed E-state index contributed by atoms with van der Waals surface area (Å²) in [4.78, 5) is 2.41. The molecule has 0 amide bonds. The van der Waals surface area contributed by atoms with Gasteiger partial charge in [0, 0.05) is 17.9 Å². The van der Waals surface area contributed by atoms with E-state index in [2.05, 4.69) is 28.9 Å². The standard InChI is InChI=1S/C17H23N3OS/c1-4-20(5-2)11-12-22-17-10-9-16(18-19-17)14-7-6-8-15(13-14)21-3/h6-10,13H,4-5,11-12H2,1-3H3. The first kappa shape index (κ1) is 16.8. The fourth-order valence-electron chi connectivity index (χ4n) is 2.15. The van der Waals surface area contributed by atoms with Crippen molar-refractivity contribution in [3.63, 3.8) is 0 Å². The van der Waals surface area contributed by atoms with Gasteiger partial charge in [-0.3, -0.25) is 0 Å². The molecule has 0 atom stereocenters. The number of aromatic nitrogens is 2. The Labute approximate surface area is 136 Å². The van der Waals surface area contributed by atoms with Crippen molar-refractivity contribution in [3.8, 4) is 17.0 Å². The molecule has 0 saturated carbocycles. The van der Waals surface area contributed by atoms with Crippen LogP contribution in [0, 0.1) is 0 Å².